The van der Waals surface area contributed by atoms with E-state index in [0.717, 1.165) is 22.2 Å². The fraction of sp³-hybridized carbons (Fsp3) is 0.182. The lowest BCUT2D eigenvalue weighted by Crippen LogP contribution is -1.88. The highest BCUT2D eigenvalue weighted by atomic mass is 35.5. The van der Waals surface area contributed by atoms with Gasteiger partial charge in [0, 0.05) is 5.39 Å². The van der Waals surface area contributed by atoms with Crippen molar-refractivity contribution in [1.29, 1.82) is 0 Å². The first-order valence-corrected chi connectivity index (χ1v) is 4.75. The lowest BCUT2D eigenvalue weighted by atomic mass is 10.1. The summed E-state index contributed by atoms with van der Waals surface area (Å²) in [7, 11) is 0. The van der Waals surface area contributed by atoms with Crippen LogP contribution >= 0.6 is 11.6 Å². The van der Waals surface area contributed by atoms with Crippen LogP contribution in [0.15, 0.2) is 24.3 Å². The fourth-order valence-corrected chi connectivity index (χ4v) is 1.55. The van der Waals surface area contributed by atoms with E-state index in [9.17, 15) is 0 Å². The van der Waals surface area contributed by atoms with E-state index in [1.807, 2.05) is 31.2 Å². The molecule has 0 aliphatic carbocycles. The van der Waals surface area contributed by atoms with Crippen LogP contribution < -0.4 is 0 Å². The molecule has 2 rings (SSSR count). The molecule has 0 unspecified atom stereocenters. The number of fused-ring (bicyclic) bond motifs is 1. The highest BCUT2D eigenvalue weighted by Crippen LogP contribution is 2.21. The summed E-state index contributed by atoms with van der Waals surface area (Å²) < 4.78 is 0. The van der Waals surface area contributed by atoms with Gasteiger partial charge in [-0.3, -0.25) is 4.98 Å². The minimum atomic E-state index is 0.0431. The summed E-state index contributed by atoms with van der Waals surface area (Å²) in [4.78, 5) is 4.34. The third-order valence-corrected chi connectivity index (χ3v) is 2.57. The van der Waals surface area contributed by atoms with Crippen LogP contribution in [0.5, 0.6) is 0 Å². The molecule has 0 radical (unpaired) electrons. The van der Waals surface area contributed by atoms with Crippen molar-refractivity contribution in [3.63, 3.8) is 0 Å². The van der Waals surface area contributed by atoms with Crippen molar-refractivity contribution in [1.82, 2.24) is 4.98 Å². The molecule has 0 spiro atoms. The summed E-state index contributed by atoms with van der Waals surface area (Å²) in [5, 5.41) is 10.6. The minimum Gasteiger partial charge on any atom is -0.392 e. The van der Waals surface area contributed by atoms with Gasteiger partial charge in [-0.2, -0.15) is 0 Å². The van der Waals surface area contributed by atoms with Crippen molar-refractivity contribution in [2.75, 3.05) is 0 Å². The maximum atomic E-state index is 8.97. The van der Waals surface area contributed by atoms with E-state index in [1.165, 1.54) is 0 Å². The van der Waals surface area contributed by atoms with Crippen LogP contribution in [0.2, 0.25) is 5.02 Å². The Morgan fingerprint density at radius 2 is 2.14 bits per heavy atom. The van der Waals surface area contributed by atoms with Crippen LogP contribution in [-0.4, -0.2) is 10.1 Å². The third-order valence-electron chi connectivity index (χ3n) is 2.19. The summed E-state index contributed by atoms with van der Waals surface area (Å²) >= 11 is 5.96. The zero-order chi connectivity index (χ0) is 10.1. The molecule has 1 N–H and O–H groups in total. The molecule has 0 fully saturated rings. The highest BCUT2D eigenvalue weighted by Gasteiger charge is 2.01. The maximum absolute atomic E-state index is 8.97. The second-order valence-electron chi connectivity index (χ2n) is 3.24. The van der Waals surface area contributed by atoms with Crippen molar-refractivity contribution in [2.45, 2.75) is 13.5 Å². The number of hydrogen-bond acceptors (Lipinski definition) is 2. The number of pyridine rings is 1. The summed E-state index contributed by atoms with van der Waals surface area (Å²) in [5.41, 5.74) is 2.61. The van der Waals surface area contributed by atoms with E-state index in [2.05, 4.69) is 4.98 Å². The Kier molecular flexibility index (Phi) is 2.40. The van der Waals surface area contributed by atoms with E-state index in [-0.39, 0.29) is 6.61 Å². The van der Waals surface area contributed by atoms with Crippen molar-refractivity contribution in [2.24, 2.45) is 0 Å². The van der Waals surface area contributed by atoms with Gasteiger partial charge in [-0.15, -0.1) is 0 Å². The number of halogens is 1. The van der Waals surface area contributed by atoms with Gasteiger partial charge < -0.3 is 5.11 Å². The quantitative estimate of drug-likeness (QED) is 0.780. The number of nitrogens with zero attached hydrogens (tertiary/aromatic N) is 1. The fourth-order valence-electron chi connectivity index (χ4n) is 1.39. The Morgan fingerprint density at radius 3 is 2.86 bits per heavy atom. The lowest BCUT2D eigenvalue weighted by Gasteiger charge is -2.03. The first-order valence-electron chi connectivity index (χ1n) is 4.37. The molecule has 2 nitrogen and oxygen atoms in total. The first kappa shape index (κ1) is 9.44. The van der Waals surface area contributed by atoms with Gasteiger partial charge in [0.2, 0.25) is 0 Å². The number of aromatic nitrogens is 1. The summed E-state index contributed by atoms with van der Waals surface area (Å²) in [6.45, 7) is 1.92. The number of hydrogen-bond donors (Lipinski definition) is 1. The van der Waals surface area contributed by atoms with Crippen molar-refractivity contribution >= 4 is 22.5 Å². The molecule has 0 atom stereocenters. The van der Waals surface area contributed by atoms with E-state index < -0.39 is 0 Å². The molecule has 0 saturated carbocycles. The molecular formula is C11H10ClNO. The summed E-state index contributed by atoms with van der Waals surface area (Å²) in [6, 6.07) is 7.53. The Morgan fingerprint density at radius 1 is 1.36 bits per heavy atom. The van der Waals surface area contributed by atoms with Gasteiger partial charge in [-0.05, 0) is 30.7 Å². The zero-order valence-electron chi connectivity index (χ0n) is 7.79. The molecule has 72 valence electrons. The van der Waals surface area contributed by atoms with E-state index in [1.54, 1.807) is 0 Å². The maximum Gasteiger partial charge on any atom is 0.0706 e. The van der Waals surface area contributed by atoms with E-state index in [0.29, 0.717) is 5.02 Å². The molecule has 0 amide bonds. The summed E-state index contributed by atoms with van der Waals surface area (Å²) in [6.07, 6.45) is 0. The first-order chi connectivity index (χ1) is 6.70. The molecule has 0 bridgehead atoms. The minimum absolute atomic E-state index is 0.0431. The SMILES string of the molecule is Cc1nc2ccc(CO)cc2cc1Cl. The van der Waals surface area contributed by atoms with E-state index >= 15 is 0 Å². The van der Waals surface area contributed by atoms with Gasteiger partial charge in [-0.25, -0.2) is 0 Å². The molecule has 0 saturated heterocycles. The largest absolute Gasteiger partial charge is 0.392 e. The highest BCUT2D eigenvalue weighted by molar-refractivity contribution is 6.31. The van der Waals surface area contributed by atoms with Crippen molar-refractivity contribution in [3.8, 4) is 0 Å². The van der Waals surface area contributed by atoms with E-state index in [4.69, 9.17) is 16.7 Å². The Bertz CT molecular complexity index is 482. The number of rotatable bonds is 1. The zero-order valence-corrected chi connectivity index (χ0v) is 8.54. The smallest absolute Gasteiger partial charge is 0.0706 e. The Balaban J connectivity index is 2.70. The van der Waals surface area contributed by atoms with Crippen LogP contribution in [0.1, 0.15) is 11.3 Å². The third kappa shape index (κ3) is 1.59. The lowest BCUT2D eigenvalue weighted by molar-refractivity contribution is 0.282. The van der Waals surface area contributed by atoms with Crippen LogP contribution in [0.25, 0.3) is 10.9 Å². The van der Waals surface area contributed by atoms with Gasteiger partial charge in [0.25, 0.3) is 0 Å². The molecule has 0 aliphatic heterocycles. The molecule has 3 heteroatoms. The number of benzene rings is 1. The number of aliphatic hydroxyl groups is 1. The predicted molar refractivity (Wildman–Crippen MR) is 57.4 cm³/mol. The van der Waals surface area contributed by atoms with Gasteiger partial charge in [0.05, 0.1) is 22.8 Å². The summed E-state index contributed by atoms with van der Waals surface area (Å²) in [5.74, 6) is 0. The Labute approximate surface area is 87.2 Å². The molecule has 14 heavy (non-hydrogen) atoms. The number of aliphatic hydroxyl groups excluding tert-OH is 1. The van der Waals surface area contributed by atoms with Crippen LogP contribution in [0.4, 0.5) is 0 Å². The van der Waals surface area contributed by atoms with Gasteiger partial charge in [0.15, 0.2) is 0 Å². The molecular weight excluding hydrogens is 198 g/mol. The van der Waals surface area contributed by atoms with Crippen LogP contribution in [0.3, 0.4) is 0 Å². The Hall–Kier alpha value is -1.12. The second-order valence-corrected chi connectivity index (χ2v) is 3.65. The standard InChI is InChI=1S/C11H10ClNO/c1-7-10(12)5-9-4-8(6-14)2-3-11(9)13-7/h2-5,14H,6H2,1H3. The molecule has 2 aromatic rings. The van der Waals surface area contributed by atoms with Gasteiger partial charge in [0.1, 0.15) is 0 Å². The molecule has 0 aliphatic rings. The van der Waals surface area contributed by atoms with Crippen molar-refractivity contribution < 1.29 is 5.11 Å². The number of aryl methyl sites for hydroxylation is 1. The average Bonchev–Trinajstić information content (AvgIpc) is 2.19. The van der Waals surface area contributed by atoms with Gasteiger partial charge in [-0.1, -0.05) is 17.7 Å². The van der Waals surface area contributed by atoms with Crippen LogP contribution in [0, 0.1) is 6.92 Å². The average molecular weight is 208 g/mol. The molecule has 1 heterocycles. The second kappa shape index (κ2) is 3.56. The monoisotopic (exact) mass is 207 g/mol. The topological polar surface area (TPSA) is 33.1 Å². The molecule has 1 aromatic carbocycles. The van der Waals surface area contributed by atoms with Crippen LogP contribution in [-0.2, 0) is 6.61 Å². The van der Waals surface area contributed by atoms with Crippen molar-refractivity contribution in [3.05, 3.63) is 40.5 Å². The predicted octanol–water partition coefficient (Wildman–Crippen LogP) is 2.69. The molecule has 1 aromatic heterocycles. The normalized spacial score (nSPS) is 10.8. The van der Waals surface area contributed by atoms with Gasteiger partial charge >= 0.3 is 0 Å².